The Kier molecular flexibility index (Phi) is 3.73. The molecule has 0 fully saturated rings. The van der Waals surface area contributed by atoms with Gasteiger partial charge in [-0.1, -0.05) is 17.7 Å². The summed E-state index contributed by atoms with van der Waals surface area (Å²) in [6, 6.07) is 6.30. The Balaban J connectivity index is 2.21. The van der Waals surface area contributed by atoms with Crippen molar-refractivity contribution in [3.05, 3.63) is 57.2 Å². The first-order valence-corrected chi connectivity index (χ1v) is 8.93. The van der Waals surface area contributed by atoms with Crippen molar-refractivity contribution in [3.63, 3.8) is 0 Å². The molecule has 7 nitrogen and oxygen atoms in total. The summed E-state index contributed by atoms with van der Waals surface area (Å²) in [7, 11) is -3.50. The van der Waals surface area contributed by atoms with Crippen LogP contribution in [0.3, 0.4) is 0 Å². The largest absolute Gasteiger partial charge is 0.326 e. The highest BCUT2D eigenvalue weighted by atomic mass is 35.5. The first-order valence-electron chi connectivity index (χ1n) is 6.66. The molecule has 0 N–H and O–H groups in total. The summed E-state index contributed by atoms with van der Waals surface area (Å²) >= 11 is 5.78. The number of halogens is 1. The minimum absolute atomic E-state index is 0.136. The van der Waals surface area contributed by atoms with E-state index in [0.29, 0.717) is 23.0 Å². The molecule has 0 aliphatic carbocycles. The molecule has 120 valence electrons. The monoisotopic (exact) mass is 352 g/mol. The lowest BCUT2D eigenvalue weighted by Crippen LogP contribution is -2.20. The van der Waals surface area contributed by atoms with Crippen molar-refractivity contribution in [1.29, 1.82) is 0 Å². The average molecular weight is 353 g/mol. The molecule has 3 aromatic heterocycles. The molecule has 3 rings (SSSR count). The molecule has 0 aliphatic rings. The second kappa shape index (κ2) is 5.47. The van der Waals surface area contributed by atoms with Crippen molar-refractivity contribution in [2.24, 2.45) is 0 Å². The van der Waals surface area contributed by atoms with Crippen LogP contribution in [0.2, 0.25) is 5.15 Å². The number of fused-ring (bicyclic) bond motifs is 1. The Hall–Kier alpha value is -2.19. The third-order valence-electron chi connectivity index (χ3n) is 3.42. The molecule has 0 aromatic carbocycles. The van der Waals surface area contributed by atoms with Crippen LogP contribution < -0.4 is 5.56 Å². The molecule has 0 bridgehead atoms. The lowest BCUT2D eigenvalue weighted by atomic mass is 10.2. The summed E-state index contributed by atoms with van der Waals surface area (Å²) in [5.41, 5.74) is 1.59. The van der Waals surface area contributed by atoms with Crippen LogP contribution in [0.1, 0.15) is 11.3 Å². The fourth-order valence-corrected chi connectivity index (χ4v) is 2.93. The number of pyridine rings is 1. The molecule has 3 heterocycles. The molecular formula is C14H13ClN4O3S. The topological polar surface area (TPSA) is 86.3 Å². The normalized spacial score (nSPS) is 12.0. The van der Waals surface area contributed by atoms with Gasteiger partial charge in [0.15, 0.2) is 14.9 Å². The lowest BCUT2D eigenvalue weighted by Gasteiger charge is -2.12. The van der Waals surface area contributed by atoms with E-state index in [1.807, 2.05) is 6.07 Å². The lowest BCUT2D eigenvalue weighted by molar-refractivity contribution is 0.596. The van der Waals surface area contributed by atoms with Crippen LogP contribution in [0.15, 0.2) is 40.3 Å². The van der Waals surface area contributed by atoms with E-state index in [9.17, 15) is 13.2 Å². The van der Waals surface area contributed by atoms with Crippen LogP contribution in [-0.4, -0.2) is 33.8 Å². The molecule has 23 heavy (non-hydrogen) atoms. The van der Waals surface area contributed by atoms with Crippen LogP contribution in [0.25, 0.3) is 5.65 Å². The molecule has 9 heteroatoms. The van der Waals surface area contributed by atoms with Crippen LogP contribution in [0.4, 0.5) is 0 Å². The minimum atomic E-state index is -3.50. The fourth-order valence-electron chi connectivity index (χ4n) is 2.27. The highest BCUT2D eigenvalue weighted by Gasteiger charge is 2.16. The molecule has 0 atom stereocenters. The molecule has 0 saturated carbocycles. The maximum Gasteiger partial charge on any atom is 0.274 e. The van der Waals surface area contributed by atoms with Gasteiger partial charge in [0.25, 0.3) is 5.56 Å². The van der Waals surface area contributed by atoms with Crippen LogP contribution in [0, 0.1) is 6.92 Å². The second-order valence-corrected chi connectivity index (χ2v) is 7.57. The average Bonchev–Trinajstić information content (AvgIpc) is 2.91. The van der Waals surface area contributed by atoms with E-state index in [4.69, 9.17) is 11.6 Å². The minimum Gasteiger partial charge on any atom is -0.326 e. The number of aryl methyl sites for hydroxylation is 1. The summed E-state index contributed by atoms with van der Waals surface area (Å²) in [5, 5.41) is 4.15. The number of hydrogen-bond donors (Lipinski definition) is 0. The number of hydrogen-bond acceptors (Lipinski definition) is 5. The summed E-state index contributed by atoms with van der Waals surface area (Å²) in [4.78, 5) is 16.1. The Morgan fingerprint density at radius 3 is 2.61 bits per heavy atom. The van der Waals surface area contributed by atoms with E-state index < -0.39 is 9.84 Å². The zero-order valence-electron chi connectivity index (χ0n) is 12.4. The molecular weight excluding hydrogens is 340 g/mol. The van der Waals surface area contributed by atoms with Gasteiger partial charge < -0.3 is 4.57 Å². The van der Waals surface area contributed by atoms with Crippen molar-refractivity contribution in [1.82, 2.24) is 19.2 Å². The van der Waals surface area contributed by atoms with E-state index in [-0.39, 0.29) is 10.6 Å². The predicted molar refractivity (Wildman–Crippen MR) is 85.6 cm³/mol. The van der Waals surface area contributed by atoms with Crippen LogP contribution in [-0.2, 0) is 16.4 Å². The highest BCUT2D eigenvalue weighted by molar-refractivity contribution is 7.90. The molecule has 3 aromatic rings. The van der Waals surface area contributed by atoms with E-state index in [1.165, 1.54) is 12.1 Å². The molecule has 0 aliphatic heterocycles. The van der Waals surface area contributed by atoms with Gasteiger partial charge in [0, 0.05) is 30.3 Å². The first kappa shape index (κ1) is 15.7. The van der Waals surface area contributed by atoms with Crippen molar-refractivity contribution in [3.8, 4) is 0 Å². The molecule has 0 unspecified atom stereocenters. The number of aromatic nitrogens is 4. The van der Waals surface area contributed by atoms with Gasteiger partial charge in [-0.2, -0.15) is 9.61 Å². The third kappa shape index (κ3) is 2.99. The van der Waals surface area contributed by atoms with Crippen molar-refractivity contribution in [2.45, 2.75) is 18.5 Å². The number of sulfone groups is 1. The Labute approximate surface area is 137 Å². The first-order chi connectivity index (χ1) is 10.8. The van der Waals surface area contributed by atoms with E-state index >= 15 is 0 Å². The maximum atomic E-state index is 12.1. The zero-order chi connectivity index (χ0) is 16.8. The van der Waals surface area contributed by atoms with Gasteiger partial charge in [-0.25, -0.2) is 13.4 Å². The fraction of sp³-hybridized carbons (Fsp3) is 0.214. The van der Waals surface area contributed by atoms with Crippen molar-refractivity contribution >= 4 is 27.1 Å². The Morgan fingerprint density at radius 1 is 1.26 bits per heavy atom. The molecule has 0 spiro atoms. The summed E-state index contributed by atoms with van der Waals surface area (Å²) in [6.45, 7) is 2.19. The van der Waals surface area contributed by atoms with Crippen molar-refractivity contribution < 1.29 is 8.42 Å². The number of rotatable bonds is 3. The van der Waals surface area contributed by atoms with E-state index in [2.05, 4.69) is 10.1 Å². The summed E-state index contributed by atoms with van der Waals surface area (Å²) in [5.74, 6) is 0. The Bertz CT molecular complexity index is 1050. The van der Waals surface area contributed by atoms with Crippen LogP contribution in [0.5, 0.6) is 0 Å². The highest BCUT2D eigenvalue weighted by Crippen LogP contribution is 2.14. The van der Waals surface area contributed by atoms with Gasteiger partial charge in [-0.3, -0.25) is 4.79 Å². The van der Waals surface area contributed by atoms with Gasteiger partial charge in [-0.05, 0) is 18.6 Å². The maximum absolute atomic E-state index is 12.1. The van der Waals surface area contributed by atoms with Gasteiger partial charge in [0.05, 0.1) is 6.54 Å². The smallest absolute Gasteiger partial charge is 0.274 e. The van der Waals surface area contributed by atoms with Crippen LogP contribution >= 0.6 is 11.6 Å². The molecule has 0 radical (unpaired) electrons. The SMILES string of the molecule is Cc1cc(=O)n2nc(S(C)(=O)=O)cc2n1Cc1ccc(Cl)nc1. The predicted octanol–water partition coefficient (Wildman–Crippen LogP) is 1.30. The van der Waals surface area contributed by atoms with E-state index in [0.717, 1.165) is 16.3 Å². The van der Waals surface area contributed by atoms with Gasteiger partial charge in [0.1, 0.15) is 10.8 Å². The van der Waals surface area contributed by atoms with E-state index in [1.54, 1.807) is 23.8 Å². The second-order valence-electron chi connectivity index (χ2n) is 5.22. The standard InChI is InChI=1S/C14H13ClN4O3S/c1-9-5-14(20)19-13(6-12(17-19)23(2,21)22)18(9)8-10-3-4-11(15)16-7-10/h3-7H,8H2,1-2H3. The molecule has 0 saturated heterocycles. The van der Waals surface area contributed by atoms with Gasteiger partial charge >= 0.3 is 0 Å². The summed E-state index contributed by atoms with van der Waals surface area (Å²) in [6.07, 6.45) is 2.68. The number of nitrogens with zero attached hydrogens (tertiary/aromatic N) is 4. The van der Waals surface area contributed by atoms with Gasteiger partial charge in [-0.15, -0.1) is 0 Å². The van der Waals surface area contributed by atoms with Crippen molar-refractivity contribution in [2.75, 3.05) is 6.26 Å². The Morgan fingerprint density at radius 2 is 2.00 bits per heavy atom. The van der Waals surface area contributed by atoms with Gasteiger partial charge in [0.2, 0.25) is 0 Å². The third-order valence-corrected chi connectivity index (χ3v) is 4.60. The molecule has 0 amide bonds. The summed E-state index contributed by atoms with van der Waals surface area (Å²) < 4.78 is 26.3. The zero-order valence-corrected chi connectivity index (χ0v) is 14.0. The quantitative estimate of drug-likeness (QED) is 0.663.